The van der Waals surface area contributed by atoms with Crippen LogP contribution < -0.4 is 0 Å². The maximum Gasteiger partial charge on any atom is 0.503 e. The number of halogens is 34. The molecule has 0 radical (unpaired) electrons. The van der Waals surface area contributed by atoms with Crippen LogP contribution in [0.15, 0.2) is 0 Å². The van der Waals surface area contributed by atoms with Crippen molar-refractivity contribution >= 4 is 14.8 Å². The zero-order valence-electron chi connectivity index (χ0n) is 30.5. The van der Waals surface area contributed by atoms with Gasteiger partial charge in [0.25, 0.3) is 0 Å². The highest BCUT2D eigenvalue weighted by Crippen LogP contribution is 2.59. The molecule has 0 bridgehead atoms. The van der Waals surface area contributed by atoms with Crippen molar-refractivity contribution in [3.8, 4) is 0 Å². The van der Waals surface area contributed by atoms with Crippen LogP contribution in [0.25, 0.3) is 0 Å². The third-order valence-electron chi connectivity index (χ3n) is 7.24. The first kappa shape index (κ1) is 64.0. The Morgan fingerprint density at radius 3 is 0.925 bits per heavy atom. The van der Waals surface area contributed by atoms with E-state index in [2.05, 4.69) is 18.0 Å². The Bertz CT molecular complexity index is 1680. The highest BCUT2D eigenvalue weighted by atomic mass is 28.4. The topological polar surface area (TPSA) is 90.9 Å². The summed E-state index contributed by atoms with van der Waals surface area (Å²) in [5, 5.41) is 0. The van der Waals surface area contributed by atoms with E-state index >= 15 is 8.78 Å². The largest absolute Gasteiger partial charge is 0.503 e. The van der Waals surface area contributed by atoms with E-state index in [-0.39, 0.29) is 21.3 Å². The predicted octanol–water partition coefficient (Wildman–Crippen LogP) is 10.9. The molecule has 0 saturated carbocycles. The van der Waals surface area contributed by atoms with Crippen LogP contribution in [0.3, 0.4) is 0 Å². The molecule has 0 N–H and O–H groups in total. The summed E-state index contributed by atoms with van der Waals surface area (Å²) >= 11 is 0. The summed E-state index contributed by atoms with van der Waals surface area (Å²) in [4.78, 5) is 12.3. The van der Waals surface area contributed by atoms with Crippen LogP contribution in [0.2, 0.25) is 6.04 Å². The lowest BCUT2D eigenvalue weighted by molar-refractivity contribution is -0.552. The van der Waals surface area contributed by atoms with Crippen molar-refractivity contribution < 1.29 is 191 Å². The number of carbonyl (C=O) groups is 1. The average molecular weight is 1110 g/mol. The van der Waals surface area contributed by atoms with Crippen molar-refractivity contribution in [1.29, 1.82) is 0 Å². The second kappa shape index (κ2) is 18.3. The molecule has 0 aromatic rings. The molecule has 0 aromatic heterocycles. The van der Waals surface area contributed by atoms with E-state index in [0.29, 0.717) is 0 Å². The molecule has 0 rings (SSSR count). The van der Waals surface area contributed by atoms with Gasteiger partial charge in [-0.3, -0.25) is 18.9 Å². The number of alkyl halides is 34. The van der Waals surface area contributed by atoms with Gasteiger partial charge in [-0.2, -0.15) is 145 Å². The first-order valence-electron chi connectivity index (χ1n) is 14.8. The van der Waals surface area contributed by atoms with E-state index in [1.54, 1.807) is 4.74 Å². The summed E-state index contributed by atoms with van der Waals surface area (Å²) in [7, 11) is -5.41. The van der Waals surface area contributed by atoms with Gasteiger partial charge in [0.15, 0.2) is 0 Å². The fraction of sp³-hybridized carbons (Fsp3) is 0.957. The number of esters is 1. The van der Waals surface area contributed by atoms with E-state index in [1.165, 1.54) is 9.47 Å². The van der Waals surface area contributed by atoms with E-state index in [1.807, 2.05) is 0 Å². The maximum atomic E-state index is 15.5. The molecule has 0 fully saturated rings. The van der Waals surface area contributed by atoms with Gasteiger partial charge in [-0.25, -0.2) is 9.18 Å². The van der Waals surface area contributed by atoms with Crippen molar-refractivity contribution in [3.63, 3.8) is 0 Å². The van der Waals surface area contributed by atoms with Crippen molar-refractivity contribution in [2.75, 3.05) is 21.3 Å². The molecule has 0 amide bonds. The molecule has 402 valence electrons. The van der Waals surface area contributed by atoms with Gasteiger partial charge >= 0.3 is 112 Å². The molecular weight excluding hydrogens is 1090 g/mol. The molecule has 0 aromatic carbocycles. The summed E-state index contributed by atoms with van der Waals surface area (Å²) in [6.07, 6.45) is -92.7. The van der Waals surface area contributed by atoms with Gasteiger partial charge < -0.3 is 18.0 Å². The Labute approximate surface area is 343 Å². The summed E-state index contributed by atoms with van der Waals surface area (Å²) in [5.74, 6) is -55.0. The smallest absolute Gasteiger partial charge is 0.458 e. The van der Waals surface area contributed by atoms with E-state index < -0.39 is 130 Å². The number of carbonyl (C=O) groups excluding carboxylic acids is 1. The van der Waals surface area contributed by atoms with Gasteiger partial charge in [0.05, 0.1) is 12.5 Å². The van der Waals surface area contributed by atoms with Gasteiger partial charge in [-0.15, -0.1) is 0 Å². The Morgan fingerprint density at radius 2 is 0.687 bits per heavy atom. The van der Waals surface area contributed by atoms with Crippen LogP contribution in [-0.2, 0) is 41.8 Å². The van der Waals surface area contributed by atoms with Crippen molar-refractivity contribution in [1.82, 2.24) is 0 Å². The van der Waals surface area contributed by atoms with Crippen molar-refractivity contribution in [3.05, 3.63) is 0 Å². The van der Waals surface area contributed by atoms with Gasteiger partial charge in [0.2, 0.25) is 0 Å². The standard InChI is InChI=1S/C23H14F34O9Si/c1-59-67(60-2,61-3)5-6(4-8(24,14(32,33)34)63-22(54,55)12(30,18(44,45)46)65-20(50,51)10(26,27)16(38,39)40)62-7(58)9(25,15(35,36)37)64-23(56,57)13(31,19(47,48)49)66-21(52,53)11(28,29)17(41,42)43/h6H,4-5H2,1-3H3. The van der Waals surface area contributed by atoms with Gasteiger partial charge in [0.1, 0.15) is 6.10 Å². The highest BCUT2D eigenvalue weighted by molar-refractivity contribution is 6.60. The lowest BCUT2D eigenvalue weighted by atomic mass is 10.1. The molecule has 44 heteroatoms. The Balaban J connectivity index is 8.08. The third-order valence-corrected chi connectivity index (χ3v) is 10.1. The molecule has 0 aliphatic heterocycles. The van der Waals surface area contributed by atoms with Gasteiger partial charge in [-0.05, 0) is 0 Å². The first-order chi connectivity index (χ1) is 28.7. The molecule has 5 unspecified atom stereocenters. The van der Waals surface area contributed by atoms with Crippen LogP contribution >= 0.6 is 0 Å². The number of ether oxygens (including phenoxy) is 5. The molecule has 0 aliphatic rings. The Morgan fingerprint density at radius 1 is 0.388 bits per heavy atom. The SMILES string of the molecule is CO[Si](CC(CC(F)(OC(F)(F)C(F)(OC(F)(F)C(F)(F)C(F)(F)F)C(F)(F)F)C(F)(F)F)OC(=O)C(F)(OC(F)(F)C(F)(OC(F)(F)C(F)(F)C(F)(F)F)C(F)(F)F)C(F)(F)F)(OC)OC. The molecule has 67 heavy (non-hydrogen) atoms. The lowest BCUT2D eigenvalue weighted by Gasteiger charge is -2.41. The number of hydrogen-bond donors (Lipinski definition) is 0. The summed E-state index contributed by atoms with van der Waals surface area (Å²) in [5.41, 5.74) is 0. The minimum Gasteiger partial charge on any atom is -0.458 e. The number of hydrogen-bond acceptors (Lipinski definition) is 9. The molecule has 0 aliphatic carbocycles. The monoisotopic (exact) mass is 1110 g/mol. The quantitative estimate of drug-likeness (QED) is 0.0633. The highest BCUT2D eigenvalue weighted by Gasteiger charge is 2.87. The second-order valence-corrected chi connectivity index (χ2v) is 14.9. The van der Waals surface area contributed by atoms with Crippen LogP contribution in [0.1, 0.15) is 6.42 Å². The summed E-state index contributed by atoms with van der Waals surface area (Å²) in [6, 6.07) is -2.73. The zero-order valence-corrected chi connectivity index (χ0v) is 31.5. The van der Waals surface area contributed by atoms with Crippen molar-refractivity contribution in [2.24, 2.45) is 0 Å². The molecule has 5 atom stereocenters. The van der Waals surface area contributed by atoms with Crippen LogP contribution in [0.4, 0.5) is 149 Å². The molecule has 0 saturated heterocycles. The fourth-order valence-electron chi connectivity index (χ4n) is 3.77. The van der Waals surface area contributed by atoms with Gasteiger partial charge in [-0.1, -0.05) is 0 Å². The molecular formula is C23H14F34O9Si. The Hall–Kier alpha value is -2.97. The van der Waals surface area contributed by atoms with Crippen LogP contribution in [-0.4, -0.2) is 139 Å². The molecule has 0 heterocycles. The summed E-state index contributed by atoms with van der Waals surface area (Å²) < 4.78 is 483. The zero-order chi connectivity index (χ0) is 54.7. The average Bonchev–Trinajstić information content (AvgIpc) is 3.06. The minimum absolute atomic E-state index is 0.0825. The van der Waals surface area contributed by atoms with Gasteiger partial charge in [0, 0.05) is 21.3 Å². The number of rotatable bonds is 21. The normalized spacial score (nSPS) is 19.5. The maximum absolute atomic E-state index is 15.5. The van der Waals surface area contributed by atoms with E-state index in [4.69, 9.17) is 0 Å². The fourth-order valence-corrected chi connectivity index (χ4v) is 5.56. The predicted molar refractivity (Wildman–Crippen MR) is 132 cm³/mol. The first-order valence-corrected chi connectivity index (χ1v) is 16.7. The van der Waals surface area contributed by atoms with Crippen molar-refractivity contribution in [2.45, 2.75) is 115 Å². The second-order valence-electron chi connectivity index (χ2n) is 11.9. The molecule has 0 spiro atoms. The molecule has 9 nitrogen and oxygen atoms in total. The van der Waals surface area contributed by atoms with Crippen LogP contribution in [0.5, 0.6) is 0 Å². The lowest BCUT2D eigenvalue weighted by Crippen LogP contribution is -2.68. The Kier molecular flexibility index (Phi) is 17.5. The van der Waals surface area contributed by atoms with E-state index in [0.717, 1.165) is 4.74 Å². The van der Waals surface area contributed by atoms with E-state index in [9.17, 15) is 145 Å². The minimum atomic E-state index is -8.80. The third kappa shape index (κ3) is 12.0. The van der Waals surface area contributed by atoms with Crippen LogP contribution in [0, 0.1) is 0 Å². The summed E-state index contributed by atoms with van der Waals surface area (Å²) in [6.45, 7) is 0.